The molecule has 1 nitrogen and oxygen atoms in total. The van der Waals surface area contributed by atoms with Crippen molar-refractivity contribution in [3.63, 3.8) is 0 Å². The van der Waals surface area contributed by atoms with Crippen LogP contribution in [0.25, 0.3) is 22.4 Å². The van der Waals surface area contributed by atoms with Crippen molar-refractivity contribution in [3.05, 3.63) is 76.0 Å². The molecule has 0 radical (unpaired) electrons. The number of aromatic nitrogens is 1. The van der Waals surface area contributed by atoms with Gasteiger partial charge in [0.15, 0.2) is 6.20 Å². The number of hydrogen-bond donors (Lipinski definition) is 0. The first-order valence-electron chi connectivity index (χ1n) is 10.4. The van der Waals surface area contributed by atoms with Gasteiger partial charge in [0.2, 0.25) is 5.69 Å². The highest BCUT2D eigenvalue weighted by molar-refractivity contribution is 5.87. The number of benzene rings is 2. The molecule has 0 spiro atoms. The maximum atomic E-state index is 2.54. The van der Waals surface area contributed by atoms with Gasteiger partial charge in [-0.15, -0.1) is 0 Å². The molecular weight excluding hydrogens is 326 g/mol. The SMILES string of the molecule is Cc1cc(C)c(-c2cc3c(c[n+]2C)C2CCC3C2)c2c1-c1ccccc1C2. The van der Waals surface area contributed by atoms with E-state index in [-0.39, 0.29) is 0 Å². The number of hydrogen-bond acceptors (Lipinski definition) is 0. The van der Waals surface area contributed by atoms with Gasteiger partial charge in [-0.2, -0.15) is 0 Å². The van der Waals surface area contributed by atoms with Crippen molar-refractivity contribution in [3.8, 4) is 22.4 Å². The Hall–Kier alpha value is -2.41. The van der Waals surface area contributed by atoms with Gasteiger partial charge in [-0.05, 0) is 90.3 Å². The average molecular weight is 353 g/mol. The number of pyridine rings is 1. The monoisotopic (exact) mass is 352 g/mol. The molecule has 0 amide bonds. The van der Waals surface area contributed by atoms with E-state index in [2.05, 4.69) is 68.1 Å². The first kappa shape index (κ1) is 15.6. The van der Waals surface area contributed by atoms with Crippen LogP contribution >= 0.6 is 0 Å². The molecule has 2 aromatic carbocycles. The number of aryl methyl sites for hydroxylation is 3. The Morgan fingerprint density at radius 1 is 0.889 bits per heavy atom. The summed E-state index contributed by atoms with van der Waals surface area (Å²) in [4.78, 5) is 0. The van der Waals surface area contributed by atoms with Gasteiger partial charge in [0.05, 0.1) is 5.56 Å². The third-order valence-electron chi connectivity index (χ3n) is 7.39. The van der Waals surface area contributed by atoms with E-state index in [1.807, 2.05) is 0 Å². The minimum absolute atomic E-state index is 0.806. The van der Waals surface area contributed by atoms with Gasteiger partial charge in [-0.25, -0.2) is 4.57 Å². The lowest BCUT2D eigenvalue weighted by molar-refractivity contribution is -0.660. The van der Waals surface area contributed by atoms with Crippen molar-refractivity contribution in [2.24, 2.45) is 7.05 Å². The maximum absolute atomic E-state index is 2.54. The van der Waals surface area contributed by atoms with Gasteiger partial charge in [0.1, 0.15) is 7.05 Å². The summed E-state index contributed by atoms with van der Waals surface area (Å²) in [6.07, 6.45) is 7.68. The molecule has 3 aliphatic rings. The van der Waals surface area contributed by atoms with Gasteiger partial charge < -0.3 is 0 Å². The molecular formula is C26H26N+. The van der Waals surface area contributed by atoms with Crippen LogP contribution in [0.4, 0.5) is 0 Å². The van der Waals surface area contributed by atoms with Crippen LogP contribution in [0.5, 0.6) is 0 Å². The van der Waals surface area contributed by atoms with Crippen LogP contribution < -0.4 is 4.57 Å². The Morgan fingerprint density at radius 2 is 1.63 bits per heavy atom. The molecule has 3 aromatic rings. The van der Waals surface area contributed by atoms with E-state index in [0.717, 1.165) is 18.3 Å². The standard InChI is InChI=1S/C26H26N/c1-15-10-16(2)26(22-12-17-6-4-5-7-20(17)25(15)22)24-13-21-18-8-9-19(11-18)23(21)14-27(24)3/h4-7,10,13-14,18-19H,8-9,11-12H2,1-3H3/q+1. The van der Waals surface area contributed by atoms with Gasteiger partial charge in [-0.3, -0.25) is 0 Å². The summed E-state index contributed by atoms with van der Waals surface area (Å²) in [6.45, 7) is 4.57. The van der Waals surface area contributed by atoms with Gasteiger partial charge in [0, 0.05) is 11.6 Å². The molecule has 1 heteroatoms. The van der Waals surface area contributed by atoms with E-state index < -0.39 is 0 Å². The predicted molar refractivity (Wildman–Crippen MR) is 110 cm³/mol. The van der Waals surface area contributed by atoms with E-state index in [1.54, 1.807) is 11.1 Å². The van der Waals surface area contributed by atoms with Crippen LogP contribution in [-0.2, 0) is 13.5 Å². The molecule has 1 aromatic heterocycles. The molecule has 1 fully saturated rings. The third-order valence-corrected chi connectivity index (χ3v) is 7.39. The van der Waals surface area contributed by atoms with Gasteiger partial charge in [-0.1, -0.05) is 30.3 Å². The lowest BCUT2D eigenvalue weighted by Gasteiger charge is -2.17. The van der Waals surface area contributed by atoms with E-state index in [1.165, 1.54) is 63.9 Å². The van der Waals surface area contributed by atoms with Crippen LogP contribution in [0.2, 0.25) is 0 Å². The quantitative estimate of drug-likeness (QED) is 0.385. The summed E-state index contributed by atoms with van der Waals surface area (Å²) in [5, 5.41) is 0. The number of rotatable bonds is 1. The van der Waals surface area contributed by atoms with E-state index >= 15 is 0 Å². The zero-order valence-corrected chi connectivity index (χ0v) is 16.5. The van der Waals surface area contributed by atoms with Crippen molar-refractivity contribution in [2.45, 2.75) is 51.4 Å². The topological polar surface area (TPSA) is 3.88 Å². The van der Waals surface area contributed by atoms with Crippen LogP contribution in [0.15, 0.2) is 42.6 Å². The summed E-state index contributed by atoms with van der Waals surface area (Å²) in [6, 6.07) is 13.9. The molecule has 27 heavy (non-hydrogen) atoms. The summed E-state index contributed by atoms with van der Waals surface area (Å²) in [5.41, 5.74) is 14.9. The Morgan fingerprint density at radius 3 is 2.48 bits per heavy atom. The fraction of sp³-hybridized carbons (Fsp3) is 0.346. The molecule has 2 atom stereocenters. The molecule has 134 valence electrons. The third kappa shape index (κ3) is 2.03. The number of fused-ring (bicyclic) bond motifs is 8. The fourth-order valence-electron chi connectivity index (χ4n) is 6.26. The summed E-state index contributed by atoms with van der Waals surface area (Å²) >= 11 is 0. The van der Waals surface area contributed by atoms with Crippen molar-refractivity contribution >= 4 is 0 Å². The zero-order chi connectivity index (χ0) is 18.3. The second-order valence-electron chi connectivity index (χ2n) is 8.96. The van der Waals surface area contributed by atoms with Gasteiger partial charge in [0.25, 0.3) is 0 Å². The van der Waals surface area contributed by atoms with Crippen molar-refractivity contribution in [1.82, 2.24) is 0 Å². The van der Waals surface area contributed by atoms with Crippen molar-refractivity contribution < 1.29 is 4.57 Å². The van der Waals surface area contributed by atoms with Crippen LogP contribution in [-0.4, -0.2) is 0 Å². The molecule has 0 aliphatic heterocycles. The Kier molecular flexibility index (Phi) is 3.08. The predicted octanol–water partition coefficient (Wildman–Crippen LogP) is 5.73. The fourth-order valence-corrected chi connectivity index (χ4v) is 6.26. The maximum Gasteiger partial charge on any atom is 0.213 e. The summed E-state index contributed by atoms with van der Waals surface area (Å²) in [5.74, 6) is 1.63. The molecule has 1 heterocycles. The van der Waals surface area contributed by atoms with E-state index in [9.17, 15) is 0 Å². The lowest BCUT2D eigenvalue weighted by atomic mass is 9.87. The zero-order valence-electron chi connectivity index (χ0n) is 16.5. The minimum Gasteiger partial charge on any atom is -0.201 e. The average Bonchev–Trinajstić information content (AvgIpc) is 3.34. The first-order valence-corrected chi connectivity index (χ1v) is 10.4. The summed E-state index contributed by atoms with van der Waals surface area (Å²) < 4.78 is 2.40. The largest absolute Gasteiger partial charge is 0.213 e. The van der Waals surface area contributed by atoms with E-state index in [4.69, 9.17) is 0 Å². The molecule has 0 saturated heterocycles. The molecule has 3 aliphatic carbocycles. The lowest BCUT2D eigenvalue weighted by Crippen LogP contribution is -2.32. The van der Waals surface area contributed by atoms with Crippen LogP contribution in [0.1, 0.15) is 64.5 Å². The highest BCUT2D eigenvalue weighted by Crippen LogP contribution is 2.53. The van der Waals surface area contributed by atoms with Crippen molar-refractivity contribution in [1.29, 1.82) is 0 Å². The van der Waals surface area contributed by atoms with Crippen molar-refractivity contribution in [2.75, 3.05) is 0 Å². The van der Waals surface area contributed by atoms with Crippen LogP contribution in [0, 0.1) is 13.8 Å². The van der Waals surface area contributed by atoms with Crippen LogP contribution in [0.3, 0.4) is 0 Å². The highest BCUT2D eigenvalue weighted by Gasteiger charge is 2.40. The first-order chi connectivity index (χ1) is 13.1. The van der Waals surface area contributed by atoms with E-state index in [0.29, 0.717) is 0 Å². The second kappa shape index (κ2) is 5.32. The smallest absolute Gasteiger partial charge is 0.201 e. The molecule has 0 N–H and O–H groups in total. The molecule has 2 bridgehead atoms. The highest BCUT2D eigenvalue weighted by atomic mass is 14.9. The second-order valence-corrected chi connectivity index (χ2v) is 8.96. The molecule has 2 unspecified atom stereocenters. The number of nitrogens with zero attached hydrogens (tertiary/aromatic N) is 1. The summed E-state index contributed by atoms with van der Waals surface area (Å²) in [7, 11) is 2.25. The minimum atomic E-state index is 0.806. The Balaban J connectivity index is 1.62. The Bertz CT molecular complexity index is 1120. The van der Waals surface area contributed by atoms with Gasteiger partial charge >= 0.3 is 0 Å². The molecule has 6 rings (SSSR count). The normalized spacial score (nSPS) is 21.3. The Labute approximate surface area is 161 Å². The molecule has 1 saturated carbocycles.